The predicted molar refractivity (Wildman–Crippen MR) is 132 cm³/mol. The Bertz CT molecular complexity index is 1040. The van der Waals surface area contributed by atoms with E-state index < -0.39 is 23.2 Å². The molecular formula is C27H34ClF3N2O2. The summed E-state index contributed by atoms with van der Waals surface area (Å²) >= 11 is 0. The molecule has 0 aliphatic carbocycles. The first kappa shape index (κ1) is 27.5. The third-order valence-electron chi connectivity index (χ3n) is 7.87. The molecule has 4 nitrogen and oxygen atoms in total. The highest BCUT2D eigenvalue weighted by molar-refractivity contribution is 5.85. The van der Waals surface area contributed by atoms with Crippen LogP contribution in [0, 0.1) is 35.2 Å². The fraction of sp³-hybridized carbons (Fsp3) is 0.519. The van der Waals surface area contributed by atoms with Crippen molar-refractivity contribution in [1.82, 2.24) is 9.80 Å². The van der Waals surface area contributed by atoms with Crippen molar-refractivity contribution in [2.24, 2.45) is 17.8 Å². The quantitative estimate of drug-likeness (QED) is 0.633. The van der Waals surface area contributed by atoms with Crippen LogP contribution in [0.5, 0.6) is 0 Å². The van der Waals surface area contributed by atoms with E-state index in [0.717, 1.165) is 6.07 Å². The van der Waals surface area contributed by atoms with Crippen molar-refractivity contribution in [1.29, 1.82) is 0 Å². The highest BCUT2D eigenvalue weighted by Gasteiger charge is 2.49. The Kier molecular flexibility index (Phi) is 8.24. The van der Waals surface area contributed by atoms with E-state index in [0.29, 0.717) is 37.3 Å². The molecule has 35 heavy (non-hydrogen) atoms. The molecule has 5 atom stereocenters. The van der Waals surface area contributed by atoms with Crippen molar-refractivity contribution in [3.63, 3.8) is 0 Å². The summed E-state index contributed by atoms with van der Waals surface area (Å²) in [4.78, 5) is 17.7. The van der Waals surface area contributed by atoms with Gasteiger partial charge >= 0.3 is 0 Å². The van der Waals surface area contributed by atoms with Gasteiger partial charge in [0.15, 0.2) is 0 Å². The number of hydrogen-bond donors (Lipinski definition) is 1. The van der Waals surface area contributed by atoms with Crippen LogP contribution in [-0.2, 0) is 10.4 Å². The molecule has 2 aliphatic rings. The van der Waals surface area contributed by atoms with E-state index in [1.165, 1.54) is 24.3 Å². The number of nitrogens with zero attached hydrogens (tertiary/aromatic N) is 2. The van der Waals surface area contributed by atoms with Crippen LogP contribution in [0.3, 0.4) is 0 Å². The van der Waals surface area contributed by atoms with Crippen molar-refractivity contribution in [3.05, 3.63) is 71.0 Å². The molecule has 8 heteroatoms. The van der Waals surface area contributed by atoms with Gasteiger partial charge in [-0.2, -0.15) is 0 Å². The highest BCUT2D eigenvalue weighted by atomic mass is 35.5. The minimum Gasteiger partial charge on any atom is -0.384 e. The largest absolute Gasteiger partial charge is 0.384 e. The zero-order valence-electron chi connectivity index (χ0n) is 20.5. The summed E-state index contributed by atoms with van der Waals surface area (Å²) in [6.45, 7) is 9.57. The topological polar surface area (TPSA) is 43.8 Å². The number of hydrogen-bond acceptors (Lipinski definition) is 3. The predicted octanol–water partition coefficient (Wildman–Crippen LogP) is 4.95. The summed E-state index contributed by atoms with van der Waals surface area (Å²) in [6, 6.07) is 9.64. The molecule has 0 aromatic heterocycles. The van der Waals surface area contributed by atoms with Crippen LogP contribution in [0.4, 0.5) is 13.2 Å². The molecule has 2 aromatic carbocycles. The number of piperidine rings is 1. The van der Waals surface area contributed by atoms with E-state index in [1.54, 1.807) is 17.0 Å². The van der Waals surface area contributed by atoms with Gasteiger partial charge in [-0.1, -0.05) is 32.0 Å². The Hall–Kier alpha value is -2.09. The number of amides is 1. The van der Waals surface area contributed by atoms with Gasteiger partial charge in [0.2, 0.25) is 5.91 Å². The van der Waals surface area contributed by atoms with E-state index >= 15 is 0 Å². The fourth-order valence-corrected chi connectivity index (χ4v) is 5.82. The van der Waals surface area contributed by atoms with E-state index in [4.69, 9.17) is 0 Å². The second-order valence-corrected chi connectivity index (χ2v) is 10.3. The molecule has 0 saturated carbocycles. The maximum Gasteiger partial charge on any atom is 0.227 e. The van der Waals surface area contributed by atoms with E-state index in [-0.39, 0.29) is 47.9 Å². The van der Waals surface area contributed by atoms with Gasteiger partial charge in [0.05, 0.1) is 11.5 Å². The second kappa shape index (κ2) is 10.5. The summed E-state index contributed by atoms with van der Waals surface area (Å²) < 4.78 is 41.7. The molecule has 0 radical (unpaired) electrons. The fourth-order valence-electron chi connectivity index (χ4n) is 5.82. The summed E-state index contributed by atoms with van der Waals surface area (Å²) in [5, 5.41) is 11.6. The van der Waals surface area contributed by atoms with Gasteiger partial charge in [-0.25, -0.2) is 13.2 Å². The van der Waals surface area contributed by atoms with Gasteiger partial charge in [-0.3, -0.25) is 9.69 Å². The lowest BCUT2D eigenvalue weighted by atomic mass is 9.70. The van der Waals surface area contributed by atoms with Crippen LogP contribution in [0.15, 0.2) is 42.5 Å². The lowest BCUT2D eigenvalue weighted by Gasteiger charge is -2.48. The van der Waals surface area contributed by atoms with Crippen molar-refractivity contribution in [2.75, 3.05) is 26.2 Å². The molecule has 2 aromatic rings. The first-order valence-electron chi connectivity index (χ1n) is 12.0. The van der Waals surface area contributed by atoms with E-state index in [1.807, 2.05) is 27.7 Å². The molecule has 4 rings (SSSR count). The lowest BCUT2D eigenvalue weighted by Crippen LogP contribution is -2.57. The van der Waals surface area contributed by atoms with Crippen LogP contribution in [0.25, 0.3) is 0 Å². The Morgan fingerprint density at radius 1 is 0.943 bits per heavy atom. The maximum atomic E-state index is 14.7. The number of rotatable bonds is 4. The third-order valence-corrected chi connectivity index (χ3v) is 7.87. The van der Waals surface area contributed by atoms with Crippen LogP contribution in [0.1, 0.15) is 44.7 Å². The normalized spacial score (nSPS) is 29.3. The minimum absolute atomic E-state index is 0. The molecular weight excluding hydrogens is 477 g/mol. The average Bonchev–Trinajstić information content (AvgIpc) is 3.22. The van der Waals surface area contributed by atoms with Crippen molar-refractivity contribution in [3.8, 4) is 0 Å². The zero-order chi connectivity index (χ0) is 24.8. The number of likely N-dealkylation sites (tertiary alicyclic amines) is 2. The molecule has 2 saturated heterocycles. The van der Waals surface area contributed by atoms with Crippen molar-refractivity contribution >= 4 is 18.3 Å². The van der Waals surface area contributed by atoms with Crippen LogP contribution in [0.2, 0.25) is 0 Å². The lowest BCUT2D eigenvalue weighted by molar-refractivity contribution is -0.152. The summed E-state index contributed by atoms with van der Waals surface area (Å²) in [5.41, 5.74) is -0.185. The molecule has 1 N–H and O–H groups in total. The summed E-state index contributed by atoms with van der Waals surface area (Å²) in [7, 11) is 0. The maximum absolute atomic E-state index is 14.7. The molecule has 0 spiro atoms. The first-order chi connectivity index (χ1) is 16.0. The zero-order valence-corrected chi connectivity index (χ0v) is 21.4. The van der Waals surface area contributed by atoms with Gasteiger partial charge in [-0.05, 0) is 43.2 Å². The minimum atomic E-state index is -1.19. The van der Waals surface area contributed by atoms with Crippen molar-refractivity contribution < 1.29 is 23.1 Å². The Balaban J connectivity index is 0.00000342. The summed E-state index contributed by atoms with van der Waals surface area (Å²) in [6.07, 6.45) is 0. The summed E-state index contributed by atoms with van der Waals surface area (Å²) in [5.74, 6) is -3.10. The van der Waals surface area contributed by atoms with Gasteiger partial charge in [0.25, 0.3) is 0 Å². The smallest absolute Gasteiger partial charge is 0.227 e. The number of halogens is 4. The van der Waals surface area contributed by atoms with Crippen LogP contribution in [-0.4, -0.2) is 53.0 Å². The van der Waals surface area contributed by atoms with Crippen LogP contribution >= 0.6 is 12.4 Å². The van der Waals surface area contributed by atoms with E-state index in [9.17, 15) is 23.1 Å². The molecule has 2 heterocycles. The van der Waals surface area contributed by atoms with Gasteiger partial charge in [-0.15, -0.1) is 12.4 Å². The molecule has 2 aliphatic heterocycles. The van der Waals surface area contributed by atoms with Gasteiger partial charge < -0.3 is 10.0 Å². The molecule has 1 amide bonds. The molecule has 192 valence electrons. The first-order valence-corrected chi connectivity index (χ1v) is 12.0. The van der Waals surface area contributed by atoms with Crippen molar-refractivity contribution in [2.45, 2.75) is 45.3 Å². The van der Waals surface area contributed by atoms with Crippen LogP contribution < -0.4 is 0 Å². The monoisotopic (exact) mass is 510 g/mol. The SMILES string of the molecule is CC(C)N1C[C@@H](C(=O)N2C[C@@H](C)[C@@](O)(c3ccc(F)cc3)[C@@H](C)C2)[C@H](c2ccc(F)cc2F)C1.Cl. The standard InChI is InChI=1S/C27H33F3N2O2.ClH/c1-16(2)31-14-23(22-10-9-21(29)11-25(22)30)24(15-31)26(33)32-12-17(3)27(34,18(4)13-32)19-5-7-20(28)8-6-19;/h5-11,16-18,23-24,34H,12-15H2,1-4H3;1H/t17-,18+,23-,24+,27+;/m0./s1. The number of benzene rings is 2. The third kappa shape index (κ3) is 5.09. The van der Waals surface area contributed by atoms with Gasteiger partial charge in [0.1, 0.15) is 17.5 Å². The Morgan fingerprint density at radius 2 is 1.51 bits per heavy atom. The van der Waals surface area contributed by atoms with Gasteiger partial charge in [0, 0.05) is 56.0 Å². The molecule has 2 fully saturated rings. The molecule has 0 bridgehead atoms. The molecule has 0 unspecified atom stereocenters. The Labute approximate surface area is 211 Å². The number of aliphatic hydroxyl groups is 1. The average molecular weight is 511 g/mol. The highest BCUT2D eigenvalue weighted by Crippen LogP contribution is 2.43. The number of carbonyl (C=O) groups excluding carboxylic acids is 1. The number of carbonyl (C=O) groups is 1. The second-order valence-electron chi connectivity index (χ2n) is 10.3. The Morgan fingerprint density at radius 3 is 2.06 bits per heavy atom. The van der Waals surface area contributed by atoms with E-state index in [2.05, 4.69) is 4.90 Å².